The first-order valence-corrected chi connectivity index (χ1v) is 9.92. The van der Waals surface area contributed by atoms with Crippen LogP contribution in [0, 0.1) is 11.6 Å². The number of nitrogens with zero attached hydrogens (tertiary/aromatic N) is 5. The molecule has 32 heavy (non-hydrogen) atoms. The smallest absolute Gasteiger partial charge is 0.225 e. The lowest BCUT2D eigenvalue weighted by Crippen LogP contribution is -2.21. The molecular weight excluding hydrogens is 416 g/mol. The molecule has 8 nitrogen and oxygen atoms in total. The second-order valence-electron chi connectivity index (χ2n) is 7.42. The number of anilines is 2. The highest BCUT2D eigenvalue weighted by atomic mass is 19.2. The monoisotopic (exact) mass is 439 g/mol. The zero-order valence-corrected chi connectivity index (χ0v) is 17.9. The molecule has 2 aromatic heterocycles. The molecule has 0 atom stereocenters. The van der Waals surface area contributed by atoms with Gasteiger partial charge in [-0.3, -0.25) is 0 Å². The van der Waals surface area contributed by atoms with Gasteiger partial charge in [0.25, 0.3) is 0 Å². The normalized spacial score (nSPS) is 11.3. The Bertz CT molecular complexity index is 1260. The first kappa shape index (κ1) is 21.4. The van der Waals surface area contributed by atoms with E-state index in [9.17, 15) is 8.78 Å². The van der Waals surface area contributed by atoms with Crippen molar-refractivity contribution in [2.45, 2.75) is 0 Å². The Morgan fingerprint density at radius 1 is 1.09 bits per heavy atom. The number of methoxy groups -OCH3 is 1. The van der Waals surface area contributed by atoms with Gasteiger partial charge in [-0.1, -0.05) is 6.07 Å². The summed E-state index contributed by atoms with van der Waals surface area (Å²) in [5, 5.41) is 7.96. The zero-order chi connectivity index (χ0) is 22.8. The van der Waals surface area contributed by atoms with Crippen LogP contribution in [-0.2, 0) is 0 Å². The Hall–Kier alpha value is -3.79. The van der Waals surface area contributed by atoms with Crippen molar-refractivity contribution in [2.24, 2.45) is 0 Å². The molecule has 4 aromatic rings. The summed E-state index contributed by atoms with van der Waals surface area (Å²) < 4.78 is 35.4. The van der Waals surface area contributed by atoms with Gasteiger partial charge in [-0.15, -0.1) is 5.10 Å². The minimum absolute atomic E-state index is 0.0194. The quantitative estimate of drug-likeness (QED) is 0.456. The van der Waals surface area contributed by atoms with Crippen molar-refractivity contribution in [3.8, 4) is 22.7 Å². The summed E-state index contributed by atoms with van der Waals surface area (Å²) in [7, 11) is 5.46. The maximum absolute atomic E-state index is 14.7. The molecule has 0 aliphatic heterocycles. The van der Waals surface area contributed by atoms with Gasteiger partial charge in [0.2, 0.25) is 5.95 Å². The number of hydrogen-bond donors (Lipinski definition) is 2. The van der Waals surface area contributed by atoms with Crippen LogP contribution in [0.15, 0.2) is 42.5 Å². The van der Waals surface area contributed by atoms with Crippen molar-refractivity contribution in [3.63, 3.8) is 0 Å². The summed E-state index contributed by atoms with van der Waals surface area (Å²) >= 11 is 0. The molecule has 0 fully saturated rings. The average Bonchev–Trinajstić information content (AvgIpc) is 3.11. The molecule has 4 rings (SSSR count). The lowest BCUT2D eigenvalue weighted by molar-refractivity contribution is 0.414. The third kappa shape index (κ3) is 4.04. The van der Waals surface area contributed by atoms with E-state index in [1.807, 2.05) is 19.0 Å². The lowest BCUT2D eigenvalue weighted by atomic mass is 10.1. The van der Waals surface area contributed by atoms with E-state index in [-0.39, 0.29) is 28.7 Å². The predicted molar refractivity (Wildman–Crippen MR) is 120 cm³/mol. The highest BCUT2D eigenvalue weighted by Gasteiger charge is 2.22. The van der Waals surface area contributed by atoms with Crippen LogP contribution in [0.2, 0.25) is 0 Å². The number of aromatic nitrogens is 4. The van der Waals surface area contributed by atoms with Gasteiger partial charge in [-0.05, 0) is 50.5 Å². The van der Waals surface area contributed by atoms with Gasteiger partial charge in [-0.2, -0.15) is 4.98 Å². The topological polar surface area (TPSA) is 94.1 Å². The van der Waals surface area contributed by atoms with E-state index in [0.29, 0.717) is 23.4 Å². The molecule has 2 heterocycles. The Balaban J connectivity index is 1.89. The molecule has 166 valence electrons. The van der Waals surface area contributed by atoms with E-state index in [1.54, 1.807) is 31.4 Å². The first-order chi connectivity index (χ1) is 15.4. The van der Waals surface area contributed by atoms with Crippen LogP contribution >= 0.6 is 0 Å². The average molecular weight is 439 g/mol. The number of ether oxygens (including phenoxy) is 1. The number of benzene rings is 2. The van der Waals surface area contributed by atoms with Crippen LogP contribution < -0.4 is 15.8 Å². The number of fused-ring (bicyclic) bond motifs is 1. The summed E-state index contributed by atoms with van der Waals surface area (Å²) in [6.07, 6.45) is 0. The fraction of sp³-hybridized carbons (Fsp3) is 0.227. The molecule has 0 spiro atoms. The van der Waals surface area contributed by atoms with Gasteiger partial charge >= 0.3 is 0 Å². The number of likely N-dealkylation sites (N-methyl/N-ethyl adjacent to an activating group) is 1. The standard InChI is InChI=1S/C22H23F2N7O/c1-30(2)12-11-26-22-27-19(15-5-4-6-16(23)18(15)24)17-20(25)31(29-21(17)28-22)13-7-9-14(32-3)10-8-13/h4-10H,11-12,25H2,1-3H3,(H,26,28,29). The third-order valence-corrected chi connectivity index (χ3v) is 4.93. The summed E-state index contributed by atoms with van der Waals surface area (Å²) in [6, 6.07) is 11.0. The van der Waals surface area contributed by atoms with Gasteiger partial charge in [0, 0.05) is 18.7 Å². The first-order valence-electron chi connectivity index (χ1n) is 9.92. The maximum atomic E-state index is 14.7. The van der Waals surface area contributed by atoms with Crippen molar-refractivity contribution in [1.29, 1.82) is 0 Å². The van der Waals surface area contributed by atoms with Gasteiger partial charge < -0.3 is 20.7 Å². The molecule has 0 saturated heterocycles. The molecule has 0 radical (unpaired) electrons. The molecule has 0 amide bonds. The SMILES string of the molecule is COc1ccc(-n2nc3nc(NCCN(C)C)nc(-c4cccc(F)c4F)c3c2N)cc1. The van der Waals surface area contributed by atoms with E-state index >= 15 is 0 Å². The number of halogens is 2. The Labute approximate surface area is 183 Å². The predicted octanol–water partition coefficient (Wildman–Crippen LogP) is 3.33. The second-order valence-corrected chi connectivity index (χ2v) is 7.42. The van der Waals surface area contributed by atoms with Crippen LogP contribution in [0.3, 0.4) is 0 Å². The van der Waals surface area contributed by atoms with E-state index in [0.717, 1.165) is 12.6 Å². The van der Waals surface area contributed by atoms with Crippen molar-refractivity contribution < 1.29 is 13.5 Å². The third-order valence-electron chi connectivity index (χ3n) is 4.93. The van der Waals surface area contributed by atoms with E-state index in [4.69, 9.17) is 10.5 Å². The fourth-order valence-corrected chi connectivity index (χ4v) is 3.28. The number of nitrogens with one attached hydrogen (secondary N) is 1. The number of nitrogens with two attached hydrogens (primary N) is 1. The van der Waals surface area contributed by atoms with Crippen LogP contribution in [0.4, 0.5) is 20.5 Å². The molecule has 2 aromatic carbocycles. The van der Waals surface area contributed by atoms with E-state index in [1.165, 1.54) is 16.8 Å². The van der Waals surface area contributed by atoms with E-state index in [2.05, 4.69) is 20.4 Å². The molecule has 0 aliphatic carbocycles. The summed E-state index contributed by atoms with van der Waals surface area (Å²) in [4.78, 5) is 10.9. The van der Waals surface area contributed by atoms with Crippen molar-refractivity contribution in [1.82, 2.24) is 24.6 Å². The van der Waals surface area contributed by atoms with Crippen LogP contribution in [0.1, 0.15) is 0 Å². The fourth-order valence-electron chi connectivity index (χ4n) is 3.28. The highest BCUT2D eigenvalue weighted by Crippen LogP contribution is 2.34. The summed E-state index contributed by atoms with van der Waals surface area (Å²) in [5.74, 6) is -0.847. The maximum Gasteiger partial charge on any atom is 0.225 e. The molecule has 3 N–H and O–H groups in total. The molecule has 0 unspecified atom stereocenters. The molecule has 0 bridgehead atoms. The van der Waals surface area contributed by atoms with Gasteiger partial charge in [-0.25, -0.2) is 18.4 Å². The Kier molecular flexibility index (Phi) is 5.87. The van der Waals surface area contributed by atoms with Crippen LogP contribution in [0.25, 0.3) is 28.0 Å². The Morgan fingerprint density at radius 3 is 2.53 bits per heavy atom. The molecule has 10 heteroatoms. The highest BCUT2D eigenvalue weighted by molar-refractivity contribution is 5.99. The Morgan fingerprint density at radius 2 is 1.84 bits per heavy atom. The number of nitrogen functional groups attached to an aromatic ring is 1. The number of rotatable bonds is 7. The minimum Gasteiger partial charge on any atom is -0.497 e. The summed E-state index contributed by atoms with van der Waals surface area (Å²) in [6.45, 7) is 1.28. The van der Waals surface area contributed by atoms with Gasteiger partial charge in [0.15, 0.2) is 17.3 Å². The molecular formula is C22H23F2N7O. The van der Waals surface area contributed by atoms with Gasteiger partial charge in [0.1, 0.15) is 11.6 Å². The van der Waals surface area contributed by atoms with E-state index < -0.39 is 11.6 Å². The van der Waals surface area contributed by atoms with Crippen LogP contribution in [0.5, 0.6) is 5.75 Å². The molecule has 0 aliphatic rings. The second kappa shape index (κ2) is 8.75. The van der Waals surface area contributed by atoms with Crippen molar-refractivity contribution in [2.75, 3.05) is 45.3 Å². The van der Waals surface area contributed by atoms with Gasteiger partial charge in [0.05, 0.1) is 23.9 Å². The molecule has 0 saturated carbocycles. The van der Waals surface area contributed by atoms with Crippen molar-refractivity contribution >= 4 is 22.8 Å². The zero-order valence-electron chi connectivity index (χ0n) is 17.9. The minimum atomic E-state index is -1.01. The summed E-state index contributed by atoms with van der Waals surface area (Å²) in [5.41, 5.74) is 7.47. The number of hydrogen-bond acceptors (Lipinski definition) is 7. The van der Waals surface area contributed by atoms with Crippen LogP contribution in [-0.4, -0.2) is 58.9 Å². The lowest BCUT2D eigenvalue weighted by Gasteiger charge is -2.12. The largest absolute Gasteiger partial charge is 0.497 e. The van der Waals surface area contributed by atoms with Crippen molar-refractivity contribution in [3.05, 3.63) is 54.1 Å².